The van der Waals surface area contributed by atoms with Crippen LogP contribution < -0.4 is 0 Å². The van der Waals surface area contributed by atoms with Crippen LogP contribution in [0.3, 0.4) is 0 Å². The van der Waals surface area contributed by atoms with Crippen LogP contribution in [0.2, 0.25) is 5.02 Å². The van der Waals surface area contributed by atoms with Crippen molar-refractivity contribution in [2.75, 3.05) is 33.4 Å². The molecule has 5 nitrogen and oxygen atoms in total. The van der Waals surface area contributed by atoms with Crippen LogP contribution in [0.5, 0.6) is 0 Å². The number of carbonyl (C=O) groups excluding carboxylic acids is 2. The minimum Gasteiger partial charge on any atom is -0.384 e. The molecule has 0 radical (unpaired) electrons. The van der Waals surface area contributed by atoms with Gasteiger partial charge in [0.15, 0.2) is 0 Å². The topological polar surface area (TPSA) is 49.9 Å². The lowest BCUT2D eigenvalue weighted by molar-refractivity contribution is -0.144. The van der Waals surface area contributed by atoms with Crippen LogP contribution in [0.15, 0.2) is 24.3 Å². The van der Waals surface area contributed by atoms with E-state index in [0.29, 0.717) is 36.9 Å². The number of ether oxygens (including phenoxy) is 1. The number of rotatable bonds is 5. The van der Waals surface area contributed by atoms with Crippen molar-refractivity contribution in [1.82, 2.24) is 9.80 Å². The maximum Gasteiger partial charge on any atom is 0.227 e. The molecule has 26 heavy (non-hydrogen) atoms. The summed E-state index contributed by atoms with van der Waals surface area (Å²) in [5.41, 5.74) is 1.04. The zero-order valence-electron chi connectivity index (χ0n) is 15.3. The highest BCUT2D eigenvalue weighted by atomic mass is 35.5. The number of piperidine rings is 2. The highest BCUT2D eigenvalue weighted by Gasteiger charge is 2.34. The number of amides is 2. The molecule has 6 heteroatoms. The van der Waals surface area contributed by atoms with Gasteiger partial charge in [-0.15, -0.1) is 0 Å². The Morgan fingerprint density at radius 3 is 2.54 bits per heavy atom. The van der Waals surface area contributed by atoms with E-state index >= 15 is 0 Å². The smallest absolute Gasteiger partial charge is 0.227 e. The lowest BCUT2D eigenvalue weighted by Crippen LogP contribution is -2.48. The van der Waals surface area contributed by atoms with Gasteiger partial charge in [-0.05, 0) is 42.9 Å². The maximum atomic E-state index is 12.9. The van der Waals surface area contributed by atoms with Gasteiger partial charge >= 0.3 is 0 Å². The van der Waals surface area contributed by atoms with Gasteiger partial charge in [0.25, 0.3) is 0 Å². The normalized spacial score (nSPS) is 21.9. The Balaban J connectivity index is 1.56. The minimum atomic E-state index is -0.0843. The van der Waals surface area contributed by atoms with Gasteiger partial charge in [0.05, 0.1) is 5.92 Å². The van der Waals surface area contributed by atoms with Crippen LogP contribution in [-0.4, -0.2) is 55.0 Å². The minimum absolute atomic E-state index is 0.0843. The summed E-state index contributed by atoms with van der Waals surface area (Å²) in [4.78, 5) is 29.0. The molecule has 2 aliphatic heterocycles. The van der Waals surface area contributed by atoms with E-state index in [2.05, 4.69) is 0 Å². The molecule has 1 aromatic rings. The van der Waals surface area contributed by atoms with Crippen LogP contribution in [0, 0.1) is 11.8 Å². The number of benzene rings is 1. The molecule has 3 rings (SSSR count). The third-order valence-electron chi connectivity index (χ3n) is 5.46. The van der Waals surface area contributed by atoms with Gasteiger partial charge in [-0.1, -0.05) is 23.7 Å². The Hall–Kier alpha value is -1.59. The van der Waals surface area contributed by atoms with Crippen molar-refractivity contribution in [3.8, 4) is 0 Å². The standard InChI is InChI=1S/C20H27ClN2O3/c1-26-14-16-8-10-22(11-9-16)20(25)17-4-7-19(24)23(13-17)12-15-2-5-18(21)6-3-15/h2-3,5-6,16-17H,4,7-14H2,1H3/t17-/m0/s1. The summed E-state index contributed by atoms with van der Waals surface area (Å²) in [6.45, 7) is 3.42. The largest absolute Gasteiger partial charge is 0.384 e. The average Bonchev–Trinajstić information content (AvgIpc) is 2.66. The van der Waals surface area contributed by atoms with Crippen LogP contribution in [0.4, 0.5) is 0 Å². The number of methoxy groups -OCH3 is 1. The third-order valence-corrected chi connectivity index (χ3v) is 5.72. The van der Waals surface area contributed by atoms with Crippen molar-refractivity contribution in [3.05, 3.63) is 34.9 Å². The summed E-state index contributed by atoms with van der Waals surface area (Å²) in [5.74, 6) is 0.801. The number of hydrogen-bond donors (Lipinski definition) is 0. The predicted octanol–water partition coefficient (Wildman–Crippen LogP) is 2.96. The zero-order valence-corrected chi connectivity index (χ0v) is 16.1. The fourth-order valence-electron chi connectivity index (χ4n) is 3.89. The van der Waals surface area contributed by atoms with Gasteiger partial charge in [-0.25, -0.2) is 0 Å². The highest BCUT2D eigenvalue weighted by molar-refractivity contribution is 6.30. The van der Waals surface area contributed by atoms with Crippen LogP contribution in [0.25, 0.3) is 0 Å². The average molecular weight is 379 g/mol. The molecule has 1 atom stereocenters. The van der Waals surface area contributed by atoms with Crippen molar-refractivity contribution in [1.29, 1.82) is 0 Å². The molecule has 0 spiro atoms. The molecule has 0 saturated carbocycles. The van der Waals surface area contributed by atoms with Gasteiger partial charge in [0.1, 0.15) is 0 Å². The molecule has 142 valence electrons. The zero-order chi connectivity index (χ0) is 18.5. The van der Waals surface area contributed by atoms with E-state index in [1.54, 1.807) is 7.11 Å². The second kappa shape index (κ2) is 8.87. The van der Waals surface area contributed by atoms with Crippen molar-refractivity contribution < 1.29 is 14.3 Å². The first-order valence-electron chi connectivity index (χ1n) is 9.36. The first kappa shape index (κ1) is 19.2. The van der Waals surface area contributed by atoms with E-state index in [9.17, 15) is 9.59 Å². The fourth-order valence-corrected chi connectivity index (χ4v) is 4.02. The summed E-state index contributed by atoms with van der Waals surface area (Å²) in [7, 11) is 1.73. The van der Waals surface area contributed by atoms with E-state index in [-0.39, 0.29) is 17.7 Å². The molecular weight excluding hydrogens is 352 g/mol. The predicted molar refractivity (Wildman–Crippen MR) is 101 cm³/mol. The Kier molecular flexibility index (Phi) is 6.54. The van der Waals surface area contributed by atoms with Gasteiger partial charge in [-0.2, -0.15) is 0 Å². The van der Waals surface area contributed by atoms with Crippen molar-refractivity contribution in [2.45, 2.75) is 32.2 Å². The van der Waals surface area contributed by atoms with Gasteiger partial charge in [0.2, 0.25) is 11.8 Å². The molecule has 0 bridgehead atoms. The molecule has 1 aromatic carbocycles. The molecule has 2 heterocycles. The quantitative estimate of drug-likeness (QED) is 0.791. The molecule has 0 aliphatic carbocycles. The molecule has 0 aromatic heterocycles. The Labute approximate surface area is 160 Å². The van der Waals surface area contributed by atoms with Crippen molar-refractivity contribution in [3.63, 3.8) is 0 Å². The molecule has 0 unspecified atom stereocenters. The first-order chi connectivity index (χ1) is 12.6. The summed E-state index contributed by atoms with van der Waals surface area (Å²) in [5, 5.41) is 0.684. The third kappa shape index (κ3) is 4.77. The summed E-state index contributed by atoms with van der Waals surface area (Å²) < 4.78 is 5.23. The van der Waals surface area contributed by atoms with E-state index in [4.69, 9.17) is 16.3 Å². The van der Waals surface area contributed by atoms with Crippen LogP contribution in [0.1, 0.15) is 31.2 Å². The van der Waals surface area contributed by atoms with E-state index in [1.165, 1.54) is 0 Å². The second-order valence-electron chi connectivity index (χ2n) is 7.36. The molecule has 2 amide bonds. The first-order valence-corrected chi connectivity index (χ1v) is 9.74. The van der Waals surface area contributed by atoms with Gasteiger partial charge in [-0.3, -0.25) is 9.59 Å². The summed E-state index contributed by atoms with van der Waals surface area (Å²) in [6.07, 6.45) is 3.11. The number of nitrogens with zero attached hydrogens (tertiary/aromatic N) is 2. The number of halogens is 1. The molecule has 2 aliphatic rings. The number of likely N-dealkylation sites (tertiary alicyclic amines) is 2. The maximum absolute atomic E-state index is 12.9. The molecule has 0 N–H and O–H groups in total. The van der Waals surface area contributed by atoms with Gasteiger partial charge in [0, 0.05) is 51.3 Å². The number of carbonyl (C=O) groups is 2. The van der Waals surface area contributed by atoms with Crippen LogP contribution >= 0.6 is 11.6 Å². The molecule has 2 saturated heterocycles. The second-order valence-corrected chi connectivity index (χ2v) is 7.80. The van der Waals surface area contributed by atoms with E-state index < -0.39 is 0 Å². The van der Waals surface area contributed by atoms with E-state index in [1.807, 2.05) is 34.1 Å². The molecular formula is C20H27ClN2O3. The lowest BCUT2D eigenvalue weighted by atomic mass is 9.92. The monoisotopic (exact) mass is 378 g/mol. The van der Waals surface area contributed by atoms with Crippen molar-refractivity contribution in [2.24, 2.45) is 11.8 Å². The van der Waals surface area contributed by atoms with Crippen molar-refractivity contribution >= 4 is 23.4 Å². The van der Waals surface area contributed by atoms with Crippen LogP contribution in [-0.2, 0) is 20.9 Å². The summed E-state index contributed by atoms with van der Waals surface area (Å²) >= 11 is 5.93. The lowest BCUT2D eigenvalue weighted by Gasteiger charge is -2.37. The fraction of sp³-hybridized carbons (Fsp3) is 0.600. The van der Waals surface area contributed by atoms with Gasteiger partial charge < -0.3 is 14.5 Å². The Morgan fingerprint density at radius 1 is 1.19 bits per heavy atom. The number of hydrogen-bond acceptors (Lipinski definition) is 3. The molecule has 2 fully saturated rings. The summed E-state index contributed by atoms with van der Waals surface area (Å²) in [6, 6.07) is 7.53. The SMILES string of the molecule is COCC1CCN(C(=O)[C@H]2CCC(=O)N(Cc3ccc(Cl)cc3)C2)CC1. The Bertz CT molecular complexity index is 626. The highest BCUT2D eigenvalue weighted by Crippen LogP contribution is 2.25. The Morgan fingerprint density at radius 2 is 1.88 bits per heavy atom. The van der Waals surface area contributed by atoms with E-state index in [0.717, 1.165) is 38.1 Å².